The first-order valence-corrected chi connectivity index (χ1v) is 7.88. The Morgan fingerprint density at radius 1 is 0.789 bits per heavy atom. The number of hydrogen-bond acceptors (Lipinski definition) is 2. The number of anilines is 1. The van der Waals surface area contributed by atoms with Gasteiger partial charge in [-0.3, -0.25) is 0 Å². The molecule has 2 rings (SSSR count). The maximum atomic E-state index is 3.57. The molecule has 0 bridgehead atoms. The van der Waals surface area contributed by atoms with Gasteiger partial charge in [0, 0.05) is 25.3 Å². The van der Waals surface area contributed by atoms with Crippen LogP contribution >= 0.6 is 0 Å². The molecule has 1 heterocycles. The zero-order valence-corrected chi connectivity index (χ0v) is 12.3. The first-order chi connectivity index (χ1) is 9.36. The largest absolute Gasteiger partial charge is 0.370 e. The van der Waals surface area contributed by atoms with Crippen LogP contribution in [0.1, 0.15) is 44.1 Å². The third-order valence-corrected chi connectivity index (χ3v) is 3.99. The van der Waals surface area contributed by atoms with Crippen LogP contribution in [0.5, 0.6) is 0 Å². The second-order valence-corrected chi connectivity index (χ2v) is 5.69. The normalized spacial score (nSPS) is 19.5. The molecule has 1 aromatic carbocycles. The van der Waals surface area contributed by atoms with E-state index < -0.39 is 0 Å². The van der Waals surface area contributed by atoms with Gasteiger partial charge in [-0.05, 0) is 38.4 Å². The Hall–Kier alpha value is -1.02. The molecule has 0 spiro atoms. The number of aryl methyl sites for hydroxylation is 1. The summed E-state index contributed by atoms with van der Waals surface area (Å²) in [6.45, 7) is 6.77. The van der Waals surface area contributed by atoms with Crippen molar-refractivity contribution in [1.82, 2.24) is 5.32 Å². The maximum Gasteiger partial charge on any atom is 0.0366 e. The minimum Gasteiger partial charge on any atom is -0.370 e. The second kappa shape index (κ2) is 8.21. The van der Waals surface area contributed by atoms with Crippen LogP contribution in [0.3, 0.4) is 0 Å². The Morgan fingerprint density at radius 3 is 2.26 bits per heavy atom. The number of nitrogens with one attached hydrogen (secondary N) is 1. The minimum absolute atomic E-state index is 1.11. The lowest BCUT2D eigenvalue weighted by atomic mass is 10.1. The van der Waals surface area contributed by atoms with E-state index in [1.807, 2.05) is 0 Å². The average Bonchev–Trinajstić information content (AvgIpc) is 2.41. The number of hydrogen-bond donors (Lipinski definition) is 1. The first-order valence-electron chi connectivity index (χ1n) is 7.88. The Balaban J connectivity index is 1.92. The zero-order valence-electron chi connectivity index (χ0n) is 12.3. The van der Waals surface area contributed by atoms with Crippen LogP contribution in [-0.2, 0) is 0 Å². The molecule has 0 saturated carbocycles. The van der Waals surface area contributed by atoms with E-state index in [2.05, 4.69) is 41.4 Å². The maximum absolute atomic E-state index is 3.57. The topological polar surface area (TPSA) is 15.3 Å². The smallest absolute Gasteiger partial charge is 0.0366 e. The predicted octanol–water partition coefficient (Wildman–Crippen LogP) is 3.75. The fourth-order valence-corrected chi connectivity index (χ4v) is 2.72. The van der Waals surface area contributed by atoms with E-state index in [-0.39, 0.29) is 0 Å². The first kappa shape index (κ1) is 14.4. The van der Waals surface area contributed by atoms with Gasteiger partial charge in [0.1, 0.15) is 0 Å². The van der Waals surface area contributed by atoms with Gasteiger partial charge in [-0.25, -0.2) is 0 Å². The summed E-state index contributed by atoms with van der Waals surface area (Å²) in [4.78, 5) is 2.54. The summed E-state index contributed by atoms with van der Waals surface area (Å²) < 4.78 is 0. The lowest BCUT2D eigenvalue weighted by Crippen LogP contribution is -2.33. The molecule has 1 saturated heterocycles. The molecule has 19 heavy (non-hydrogen) atoms. The molecule has 0 radical (unpaired) electrons. The summed E-state index contributed by atoms with van der Waals surface area (Å²) in [5, 5.41) is 3.57. The number of benzene rings is 1. The highest BCUT2D eigenvalue weighted by Gasteiger charge is 2.06. The monoisotopic (exact) mass is 260 g/mol. The summed E-state index contributed by atoms with van der Waals surface area (Å²) in [6, 6.07) is 8.97. The lowest BCUT2D eigenvalue weighted by Gasteiger charge is -2.25. The van der Waals surface area contributed by atoms with Crippen molar-refractivity contribution in [2.45, 2.75) is 45.4 Å². The molecule has 1 N–H and O–H groups in total. The third kappa shape index (κ3) is 5.23. The van der Waals surface area contributed by atoms with Crippen LogP contribution in [0.4, 0.5) is 5.69 Å². The van der Waals surface area contributed by atoms with Crippen molar-refractivity contribution in [3.63, 3.8) is 0 Å². The van der Waals surface area contributed by atoms with Crippen molar-refractivity contribution in [1.29, 1.82) is 0 Å². The molecule has 106 valence electrons. The molecule has 0 aromatic heterocycles. The van der Waals surface area contributed by atoms with Gasteiger partial charge in [-0.15, -0.1) is 0 Å². The summed E-state index contributed by atoms with van der Waals surface area (Å²) in [5.74, 6) is 0. The van der Waals surface area contributed by atoms with Crippen molar-refractivity contribution in [2.75, 3.05) is 31.1 Å². The summed E-state index contributed by atoms with van der Waals surface area (Å²) in [5.41, 5.74) is 2.72. The van der Waals surface area contributed by atoms with Crippen molar-refractivity contribution >= 4 is 5.69 Å². The predicted molar refractivity (Wildman–Crippen MR) is 84.0 cm³/mol. The lowest BCUT2D eigenvalue weighted by molar-refractivity contribution is 0.542. The highest BCUT2D eigenvalue weighted by Crippen LogP contribution is 2.16. The van der Waals surface area contributed by atoms with Gasteiger partial charge >= 0.3 is 0 Å². The van der Waals surface area contributed by atoms with Gasteiger partial charge in [-0.1, -0.05) is 43.4 Å². The molecular weight excluding hydrogens is 232 g/mol. The van der Waals surface area contributed by atoms with E-state index in [0.717, 1.165) is 13.1 Å². The van der Waals surface area contributed by atoms with Crippen LogP contribution in [0.25, 0.3) is 0 Å². The second-order valence-electron chi connectivity index (χ2n) is 5.69. The molecule has 0 unspecified atom stereocenters. The van der Waals surface area contributed by atoms with Gasteiger partial charge in [0.25, 0.3) is 0 Å². The van der Waals surface area contributed by atoms with Crippen LogP contribution in [0, 0.1) is 6.92 Å². The average molecular weight is 260 g/mol. The van der Waals surface area contributed by atoms with E-state index in [9.17, 15) is 0 Å². The minimum atomic E-state index is 1.11. The molecule has 0 amide bonds. The standard InChI is InChI=1S/C17H28N2/c1-16-8-10-17(11-9-16)19-14-7-5-3-2-4-6-12-18-13-15-19/h8-11,18H,2-7,12-15H2,1H3. The number of nitrogens with zero attached hydrogens (tertiary/aromatic N) is 1. The molecule has 1 aliphatic heterocycles. The Morgan fingerprint density at radius 2 is 1.47 bits per heavy atom. The molecule has 2 nitrogen and oxygen atoms in total. The Bertz CT molecular complexity index is 333. The molecule has 1 fully saturated rings. The van der Waals surface area contributed by atoms with E-state index >= 15 is 0 Å². The summed E-state index contributed by atoms with van der Waals surface area (Å²) in [6.07, 6.45) is 8.26. The molecule has 1 aromatic rings. The summed E-state index contributed by atoms with van der Waals surface area (Å²) >= 11 is 0. The SMILES string of the molecule is Cc1ccc(N2CCCCCCCCNCC2)cc1. The van der Waals surface area contributed by atoms with Crippen molar-refractivity contribution in [3.8, 4) is 0 Å². The zero-order chi connectivity index (χ0) is 13.3. The Labute approximate surface area is 118 Å². The van der Waals surface area contributed by atoms with Gasteiger partial charge in [0.05, 0.1) is 0 Å². The fraction of sp³-hybridized carbons (Fsp3) is 0.647. The highest BCUT2D eigenvalue weighted by molar-refractivity contribution is 5.47. The van der Waals surface area contributed by atoms with Gasteiger partial charge in [-0.2, -0.15) is 0 Å². The Kier molecular flexibility index (Phi) is 6.22. The third-order valence-electron chi connectivity index (χ3n) is 3.99. The van der Waals surface area contributed by atoms with Crippen molar-refractivity contribution in [3.05, 3.63) is 29.8 Å². The molecule has 1 aliphatic rings. The quantitative estimate of drug-likeness (QED) is 0.827. The van der Waals surface area contributed by atoms with Crippen LogP contribution in [-0.4, -0.2) is 26.2 Å². The van der Waals surface area contributed by atoms with Crippen molar-refractivity contribution in [2.24, 2.45) is 0 Å². The van der Waals surface area contributed by atoms with Gasteiger partial charge in [0.15, 0.2) is 0 Å². The van der Waals surface area contributed by atoms with E-state index in [0.29, 0.717) is 0 Å². The van der Waals surface area contributed by atoms with E-state index in [1.165, 1.54) is 62.9 Å². The molecule has 0 atom stereocenters. The van der Waals surface area contributed by atoms with Crippen LogP contribution in [0.15, 0.2) is 24.3 Å². The molecule has 2 heteroatoms. The number of rotatable bonds is 1. The molecule has 0 aliphatic carbocycles. The van der Waals surface area contributed by atoms with E-state index in [4.69, 9.17) is 0 Å². The molecular formula is C17H28N2. The highest BCUT2D eigenvalue weighted by atomic mass is 15.1. The van der Waals surface area contributed by atoms with Gasteiger partial charge < -0.3 is 10.2 Å². The fourth-order valence-electron chi connectivity index (χ4n) is 2.72. The van der Waals surface area contributed by atoms with Crippen LogP contribution < -0.4 is 10.2 Å². The van der Waals surface area contributed by atoms with E-state index in [1.54, 1.807) is 0 Å². The van der Waals surface area contributed by atoms with Gasteiger partial charge in [0.2, 0.25) is 0 Å². The summed E-state index contributed by atoms with van der Waals surface area (Å²) in [7, 11) is 0. The van der Waals surface area contributed by atoms with Crippen LogP contribution in [0.2, 0.25) is 0 Å². The van der Waals surface area contributed by atoms with Crippen molar-refractivity contribution < 1.29 is 0 Å².